The van der Waals surface area contributed by atoms with Gasteiger partial charge in [-0.25, -0.2) is 0 Å². The first-order chi connectivity index (χ1) is 5.72. The maximum absolute atomic E-state index is 5.44. The van der Waals surface area contributed by atoms with E-state index < -0.39 is 0 Å². The van der Waals surface area contributed by atoms with E-state index in [1.54, 1.807) is 0 Å². The third-order valence-corrected chi connectivity index (χ3v) is 1.67. The van der Waals surface area contributed by atoms with E-state index in [1.807, 2.05) is 19.3 Å². The minimum atomic E-state index is 0.550. The lowest BCUT2D eigenvalue weighted by Crippen LogP contribution is -2.04. The Kier molecular flexibility index (Phi) is 3.00. The van der Waals surface area contributed by atoms with Gasteiger partial charge >= 0.3 is 0 Å². The zero-order valence-corrected chi connectivity index (χ0v) is 7.38. The van der Waals surface area contributed by atoms with E-state index in [1.165, 1.54) is 11.1 Å². The second-order valence-corrected chi connectivity index (χ2v) is 3.00. The van der Waals surface area contributed by atoms with Crippen molar-refractivity contribution in [2.45, 2.75) is 13.3 Å². The minimum Gasteiger partial charge on any atom is -0.327 e. The fourth-order valence-electron chi connectivity index (χ4n) is 1.08. The van der Waals surface area contributed by atoms with E-state index in [0.29, 0.717) is 6.54 Å². The first-order valence-electron chi connectivity index (χ1n) is 3.99. The molecular weight excluding hydrogens is 148 g/mol. The van der Waals surface area contributed by atoms with Crippen LogP contribution in [-0.4, -0.2) is 11.5 Å². The Morgan fingerprint density at radius 1 is 1.58 bits per heavy atom. The quantitative estimate of drug-likeness (QED) is 0.683. The largest absolute Gasteiger partial charge is 0.327 e. The first kappa shape index (κ1) is 8.94. The van der Waals surface area contributed by atoms with E-state index in [9.17, 15) is 0 Å². The van der Waals surface area contributed by atoms with Crippen LogP contribution in [0.1, 0.15) is 11.1 Å². The van der Waals surface area contributed by atoms with Gasteiger partial charge in [0.1, 0.15) is 0 Å². The molecule has 1 heterocycles. The summed E-state index contributed by atoms with van der Waals surface area (Å²) < 4.78 is 0. The van der Waals surface area contributed by atoms with Crippen LogP contribution >= 0.6 is 0 Å². The van der Waals surface area contributed by atoms with Crippen LogP contribution in [0.3, 0.4) is 0 Å². The number of nitrogens with zero attached hydrogens (tertiary/aromatic N) is 1. The average molecular weight is 162 g/mol. The molecule has 0 amide bonds. The Balaban J connectivity index is 2.69. The minimum absolute atomic E-state index is 0.550. The summed E-state index contributed by atoms with van der Waals surface area (Å²) in [5, 5.41) is 0. The third-order valence-electron chi connectivity index (χ3n) is 1.67. The van der Waals surface area contributed by atoms with Crippen LogP contribution in [0.25, 0.3) is 0 Å². The lowest BCUT2D eigenvalue weighted by molar-refractivity contribution is 1.03. The highest BCUT2D eigenvalue weighted by Crippen LogP contribution is 2.05. The molecule has 0 unspecified atom stereocenters. The van der Waals surface area contributed by atoms with Crippen molar-refractivity contribution in [3.63, 3.8) is 0 Å². The number of aromatic nitrogens is 1. The Labute approximate surface area is 73.1 Å². The van der Waals surface area contributed by atoms with Crippen LogP contribution in [0.4, 0.5) is 0 Å². The van der Waals surface area contributed by atoms with E-state index >= 15 is 0 Å². The molecule has 1 rings (SSSR count). The number of aryl methyl sites for hydroxylation is 1. The zero-order valence-electron chi connectivity index (χ0n) is 7.38. The summed E-state index contributed by atoms with van der Waals surface area (Å²) in [6.07, 6.45) is 4.54. The second-order valence-electron chi connectivity index (χ2n) is 3.00. The van der Waals surface area contributed by atoms with Crippen LogP contribution in [0, 0.1) is 6.92 Å². The molecule has 0 bridgehead atoms. The fraction of sp³-hybridized carbons (Fsp3) is 0.300. The van der Waals surface area contributed by atoms with Crippen LogP contribution in [0.5, 0.6) is 0 Å². The number of hydrogen-bond acceptors (Lipinski definition) is 2. The number of nitrogens with two attached hydrogens (primary N) is 1. The van der Waals surface area contributed by atoms with Crippen molar-refractivity contribution in [1.29, 1.82) is 0 Å². The molecule has 2 nitrogen and oxygen atoms in total. The molecule has 64 valence electrons. The summed E-state index contributed by atoms with van der Waals surface area (Å²) in [6.45, 7) is 6.42. The monoisotopic (exact) mass is 162 g/mol. The Morgan fingerprint density at radius 3 is 2.92 bits per heavy atom. The average Bonchev–Trinajstić information content (AvgIpc) is 2.04. The predicted molar refractivity (Wildman–Crippen MR) is 50.9 cm³/mol. The molecule has 2 heteroatoms. The van der Waals surface area contributed by atoms with Crippen LogP contribution in [0.15, 0.2) is 30.6 Å². The fourth-order valence-corrected chi connectivity index (χ4v) is 1.08. The van der Waals surface area contributed by atoms with Gasteiger partial charge in [-0.2, -0.15) is 0 Å². The molecule has 0 saturated carbocycles. The Morgan fingerprint density at radius 2 is 2.33 bits per heavy atom. The highest BCUT2D eigenvalue weighted by atomic mass is 14.6. The van der Waals surface area contributed by atoms with Gasteiger partial charge in [0, 0.05) is 18.9 Å². The molecule has 0 aromatic carbocycles. The standard InChI is InChI=1S/C10H14N2/c1-8(5-11)3-10-4-9(2)6-12-7-10/h4,6-7H,1,3,5,11H2,2H3. The number of hydrogen-bond donors (Lipinski definition) is 1. The maximum atomic E-state index is 5.44. The predicted octanol–water partition coefficient (Wildman–Crippen LogP) is 1.45. The van der Waals surface area contributed by atoms with E-state index in [4.69, 9.17) is 5.73 Å². The summed E-state index contributed by atoms with van der Waals surface area (Å²) in [4.78, 5) is 4.09. The molecule has 0 aliphatic heterocycles. The van der Waals surface area contributed by atoms with Gasteiger partial charge in [-0.1, -0.05) is 18.2 Å². The molecule has 0 atom stereocenters. The maximum Gasteiger partial charge on any atom is 0.0303 e. The molecule has 0 aliphatic rings. The topological polar surface area (TPSA) is 38.9 Å². The lowest BCUT2D eigenvalue weighted by atomic mass is 10.1. The second kappa shape index (κ2) is 4.02. The van der Waals surface area contributed by atoms with E-state index in [2.05, 4.69) is 17.6 Å². The molecule has 0 radical (unpaired) electrons. The molecule has 0 spiro atoms. The van der Waals surface area contributed by atoms with Crippen LogP contribution in [-0.2, 0) is 6.42 Å². The highest BCUT2D eigenvalue weighted by Gasteiger charge is 1.95. The van der Waals surface area contributed by atoms with Gasteiger partial charge < -0.3 is 5.73 Å². The lowest BCUT2D eigenvalue weighted by Gasteiger charge is -2.02. The van der Waals surface area contributed by atoms with Crippen molar-refractivity contribution >= 4 is 0 Å². The Hall–Kier alpha value is -1.15. The van der Waals surface area contributed by atoms with Gasteiger partial charge in [0.2, 0.25) is 0 Å². The summed E-state index contributed by atoms with van der Waals surface area (Å²) in [5.74, 6) is 0. The van der Waals surface area contributed by atoms with Crippen molar-refractivity contribution in [3.05, 3.63) is 41.7 Å². The summed E-state index contributed by atoms with van der Waals surface area (Å²) in [7, 11) is 0. The number of pyridine rings is 1. The van der Waals surface area contributed by atoms with Gasteiger partial charge in [-0.15, -0.1) is 0 Å². The van der Waals surface area contributed by atoms with Crippen molar-refractivity contribution in [3.8, 4) is 0 Å². The van der Waals surface area contributed by atoms with Crippen LogP contribution in [0.2, 0.25) is 0 Å². The van der Waals surface area contributed by atoms with Crippen LogP contribution < -0.4 is 5.73 Å². The zero-order chi connectivity index (χ0) is 8.97. The molecule has 1 aromatic heterocycles. The van der Waals surface area contributed by atoms with Crippen molar-refractivity contribution < 1.29 is 0 Å². The van der Waals surface area contributed by atoms with Gasteiger partial charge in [0.05, 0.1) is 0 Å². The van der Waals surface area contributed by atoms with Crippen molar-refractivity contribution in [2.24, 2.45) is 5.73 Å². The molecular formula is C10H14N2. The molecule has 0 fully saturated rings. The molecule has 2 N–H and O–H groups in total. The first-order valence-corrected chi connectivity index (χ1v) is 3.99. The Bertz CT molecular complexity index is 279. The van der Waals surface area contributed by atoms with Gasteiger partial charge in [-0.3, -0.25) is 4.98 Å². The highest BCUT2D eigenvalue weighted by molar-refractivity contribution is 5.21. The third kappa shape index (κ3) is 2.47. The molecule has 1 aromatic rings. The van der Waals surface area contributed by atoms with Gasteiger partial charge in [0.25, 0.3) is 0 Å². The summed E-state index contributed by atoms with van der Waals surface area (Å²) in [6, 6.07) is 2.10. The summed E-state index contributed by atoms with van der Waals surface area (Å²) in [5.41, 5.74) is 8.85. The van der Waals surface area contributed by atoms with E-state index in [0.717, 1.165) is 12.0 Å². The van der Waals surface area contributed by atoms with Gasteiger partial charge in [-0.05, 0) is 24.5 Å². The summed E-state index contributed by atoms with van der Waals surface area (Å²) >= 11 is 0. The molecule has 0 aliphatic carbocycles. The van der Waals surface area contributed by atoms with Crippen molar-refractivity contribution in [1.82, 2.24) is 4.98 Å². The van der Waals surface area contributed by atoms with E-state index in [-0.39, 0.29) is 0 Å². The van der Waals surface area contributed by atoms with Crippen molar-refractivity contribution in [2.75, 3.05) is 6.54 Å². The number of rotatable bonds is 3. The molecule has 12 heavy (non-hydrogen) atoms. The normalized spacial score (nSPS) is 9.83. The smallest absolute Gasteiger partial charge is 0.0303 e. The molecule has 0 saturated heterocycles. The SMILES string of the molecule is C=C(CN)Cc1cncc(C)c1. The van der Waals surface area contributed by atoms with Gasteiger partial charge in [0.15, 0.2) is 0 Å².